The van der Waals surface area contributed by atoms with Gasteiger partial charge in [0.1, 0.15) is 5.75 Å². The number of esters is 1. The maximum absolute atomic E-state index is 12.0. The Hall–Kier alpha value is -3.70. The second-order valence-electron chi connectivity index (χ2n) is 6.92. The van der Waals surface area contributed by atoms with Gasteiger partial charge in [-0.05, 0) is 46.9 Å². The Kier molecular flexibility index (Phi) is 5.96. The number of hydrogen-bond acceptors (Lipinski definition) is 4. The molecular formula is C26H21NO3S. The van der Waals surface area contributed by atoms with Gasteiger partial charge in [0, 0.05) is 11.6 Å². The van der Waals surface area contributed by atoms with E-state index in [1.54, 1.807) is 6.07 Å². The fraction of sp³-hybridized carbons (Fsp3) is 0.0769. The van der Waals surface area contributed by atoms with Gasteiger partial charge in [0.2, 0.25) is 0 Å². The van der Waals surface area contributed by atoms with Crippen LogP contribution < -0.4 is 9.61 Å². The first kappa shape index (κ1) is 20.6. The zero-order chi connectivity index (χ0) is 21.8. The van der Waals surface area contributed by atoms with Crippen LogP contribution in [-0.4, -0.2) is 11.0 Å². The highest BCUT2D eigenvalue weighted by Crippen LogP contribution is 2.39. The van der Waals surface area contributed by atoms with Crippen molar-refractivity contribution in [2.45, 2.75) is 13.3 Å². The molecule has 1 aromatic heterocycles. The molecule has 0 saturated carbocycles. The topological polar surface area (TPSA) is 59.2 Å². The van der Waals surface area contributed by atoms with Crippen LogP contribution in [0.25, 0.3) is 21.4 Å². The molecule has 0 radical (unpaired) electrons. The third-order valence-electron chi connectivity index (χ3n) is 5.02. The van der Waals surface area contributed by atoms with Crippen molar-refractivity contribution >= 4 is 38.7 Å². The summed E-state index contributed by atoms with van der Waals surface area (Å²) in [4.78, 5) is 26.6. The molecule has 5 heteroatoms. The van der Waals surface area contributed by atoms with E-state index in [0.717, 1.165) is 50.6 Å². The Morgan fingerprint density at radius 3 is 2.52 bits per heavy atom. The summed E-state index contributed by atoms with van der Waals surface area (Å²) < 4.78 is 6.45. The Morgan fingerprint density at radius 2 is 1.77 bits per heavy atom. The number of rotatable bonds is 6. The normalized spacial score (nSPS) is 11.8. The molecule has 4 nitrogen and oxygen atoms in total. The number of hydrogen-bond donors (Lipinski definition) is 1. The van der Waals surface area contributed by atoms with E-state index in [9.17, 15) is 9.59 Å². The number of aromatic nitrogens is 1. The predicted octanol–water partition coefficient (Wildman–Crippen LogP) is 6.05. The minimum absolute atomic E-state index is 0.0863. The van der Waals surface area contributed by atoms with Gasteiger partial charge in [-0.1, -0.05) is 79.4 Å². The fourth-order valence-corrected chi connectivity index (χ4v) is 4.45. The van der Waals surface area contributed by atoms with Crippen LogP contribution in [0.5, 0.6) is 5.75 Å². The van der Waals surface area contributed by atoms with Crippen molar-refractivity contribution in [2.75, 3.05) is 0 Å². The minimum Gasteiger partial charge on any atom is -0.423 e. The molecule has 0 amide bonds. The van der Waals surface area contributed by atoms with E-state index in [2.05, 4.69) is 30.6 Å². The lowest BCUT2D eigenvalue weighted by Crippen LogP contribution is -2.06. The molecule has 31 heavy (non-hydrogen) atoms. The summed E-state index contributed by atoms with van der Waals surface area (Å²) in [5.74, 6) is -0.0458. The maximum Gasteiger partial charge on any atom is 0.335 e. The van der Waals surface area contributed by atoms with Crippen LogP contribution in [0.4, 0.5) is 0 Å². The van der Waals surface area contributed by atoms with Gasteiger partial charge in [-0.15, -0.1) is 0 Å². The number of fused-ring (bicyclic) bond motifs is 1. The van der Waals surface area contributed by atoms with Crippen molar-refractivity contribution in [3.8, 4) is 5.75 Å². The zero-order valence-corrected chi connectivity index (χ0v) is 17.9. The summed E-state index contributed by atoms with van der Waals surface area (Å²) in [6.07, 6.45) is 1.92. The number of ether oxygens (including phenoxy) is 1. The van der Waals surface area contributed by atoms with E-state index in [-0.39, 0.29) is 4.87 Å². The molecule has 0 saturated heterocycles. The molecule has 0 fully saturated rings. The van der Waals surface area contributed by atoms with Crippen LogP contribution in [0.1, 0.15) is 30.0 Å². The molecule has 0 aliphatic heterocycles. The number of benzene rings is 3. The lowest BCUT2D eigenvalue weighted by Gasteiger charge is -2.18. The molecule has 154 valence electrons. The van der Waals surface area contributed by atoms with E-state index < -0.39 is 5.97 Å². The summed E-state index contributed by atoms with van der Waals surface area (Å²) in [6, 6.07) is 23.6. The lowest BCUT2D eigenvalue weighted by atomic mass is 9.87. The standard InChI is InChI=1S/C26H21NO3S/c1-3-19(17-10-6-5-7-11-17)25(18-14-15-21-23(16-18)31-26(29)27-21)20-12-8-9-13-22(20)30-24(28)4-2/h4-16H,2-3H2,1H3,(H,27,29)/b25-19+. The van der Waals surface area contributed by atoms with Gasteiger partial charge in [-0.25, -0.2) is 4.79 Å². The van der Waals surface area contributed by atoms with E-state index in [0.29, 0.717) is 5.75 Å². The number of nitrogens with one attached hydrogen (secondary N) is 1. The van der Waals surface area contributed by atoms with Crippen molar-refractivity contribution in [2.24, 2.45) is 0 Å². The number of para-hydroxylation sites is 1. The minimum atomic E-state index is -0.510. The second-order valence-corrected chi connectivity index (χ2v) is 7.93. The average Bonchev–Trinajstić information content (AvgIpc) is 3.17. The Labute approximate surface area is 184 Å². The molecule has 0 unspecified atom stereocenters. The van der Waals surface area contributed by atoms with E-state index in [1.165, 1.54) is 11.3 Å². The molecular weight excluding hydrogens is 406 g/mol. The Balaban J connectivity index is 2.02. The van der Waals surface area contributed by atoms with Crippen LogP contribution in [0.2, 0.25) is 0 Å². The first-order valence-corrected chi connectivity index (χ1v) is 10.8. The molecule has 0 atom stereocenters. The van der Waals surface area contributed by atoms with Crippen molar-refractivity contribution in [3.05, 3.63) is 112 Å². The van der Waals surface area contributed by atoms with Crippen molar-refractivity contribution in [3.63, 3.8) is 0 Å². The first-order valence-electron chi connectivity index (χ1n) is 9.96. The summed E-state index contributed by atoms with van der Waals surface area (Å²) in [5, 5.41) is 0. The Bertz CT molecular complexity index is 1350. The first-order chi connectivity index (χ1) is 15.1. The lowest BCUT2D eigenvalue weighted by molar-refractivity contribution is -0.128. The van der Waals surface area contributed by atoms with E-state index in [4.69, 9.17) is 4.74 Å². The summed E-state index contributed by atoms with van der Waals surface area (Å²) >= 11 is 1.18. The van der Waals surface area contributed by atoms with E-state index >= 15 is 0 Å². The van der Waals surface area contributed by atoms with Gasteiger partial charge in [0.25, 0.3) is 0 Å². The number of H-pyrrole nitrogens is 1. The van der Waals surface area contributed by atoms with Crippen molar-refractivity contribution < 1.29 is 9.53 Å². The number of thiazole rings is 1. The van der Waals surface area contributed by atoms with Gasteiger partial charge in [0.15, 0.2) is 0 Å². The Morgan fingerprint density at radius 1 is 1.03 bits per heavy atom. The molecule has 4 rings (SSSR count). The third kappa shape index (κ3) is 4.27. The molecule has 1 N–H and O–H groups in total. The van der Waals surface area contributed by atoms with Gasteiger partial charge in [0.05, 0.1) is 10.2 Å². The fourth-order valence-electron chi connectivity index (χ4n) is 3.67. The second kappa shape index (κ2) is 8.98. The van der Waals surface area contributed by atoms with Crippen LogP contribution in [0.15, 0.2) is 90.2 Å². The van der Waals surface area contributed by atoms with Crippen LogP contribution in [-0.2, 0) is 4.79 Å². The maximum atomic E-state index is 12.0. The number of allylic oxidation sites excluding steroid dienone is 1. The number of carbonyl (C=O) groups is 1. The average molecular weight is 428 g/mol. The van der Waals surface area contributed by atoms with Crippen molar-refractivity contribution in [1.82, 2.24) is 4.98 Å². The van der Waals surface area contributed by atoms with Gasteiger partial charge in [-0.2, -0.15) is 0 Å². The van der Waals surface area contributed by atoms with Crippen LogP contribution in [0, 0.1) is 0 Å². The quantitative estimate of drug-likeness (QED) is 0.176. The highest BCUT2D eigenvalue weighted by Gasteiger charge is 2.18. The monoisotopic (exact) mass is 427 g/mol. The molecule has 4 aromatic rings. The molecule has 3 aromatic carbocycles. The van der Waals surface area contributed by atoms with Crippen LogP contribution in [0.3, 0.4) is 0 Å². The summed E-state index contributed by atoms with van der Waals surface area (Å²) in [5.41, 5.74) is 5.73. The molecule has 1 heterocycles. The van der Waals surface area contributed by atoms with Gasteiger partial charge < -0.3 is 9.72 Å². The zero-order valence-electron chi connectivity index (χ0n) is 17.1. The predicted molar refractivity (Wildman–Crippen MR) is 127 cm³/mol. The smallest absolute Gasteiger partial charge is 0.335 e. The molecule has 0 bridgehead atoms. The van der Waals surface area contributed by atoms with Gasteiger partial charge in [-0.3, -0.25) is 4.79 Å². The molecule has 0 aliphatic rings. The summed E-state index contributed by atoms with van der Waals surface area (Å²) in [6.45, 7) is 5.61. The summed E-state index contributed by atoms with van der Waals surface area (Å²) in [7, 11) is 0. The highest BCUT2D eigenvalue weighted by molar-refractivity contribution is 7.16. The third-order valence-corrected chi connectivity index (χ3v) is 5.87. The molecule has 0 aliphatic carbocycles. The van der Waals surface area contributed by atoms with Gasteiger partial charge >= 0.3 is 10.8 Å². The number of carbonyl (C=O) groups excluding carboxylic acids is 1. The number of aromatic amines is 1. The largest absolute Gasteiger partial charge is 0.423 e. The SMILES string of the molecule is C=CC(=O)Oc1ccccc1/C(=C(\CC)c1ccccc1)c1ccc2[nH]c(=O)sc2c1. The van der Waals surface area contributed by atoms with E-state index in [1.807, 2.05) is 54.6 Å². The van der Waals surface area contributed by atoms with Crippen LogP contribution >= 0.6 is 11.3 Å². The van der Waals surface area contributed by atoms with Crippen molar-refractivity contribution in [1.29, 1.82) is 0 Å². The molecule has 0 spiro atoms. The highest BCUT2D eigenvalue weighted by atomic mass is 32.1.